The summed E-state index contributed by atoms with van der Waals surface area (Å²) in [5.74, 6) is 1.54. The molecule has 2 aliphatic rings. The minimum atomic E-state index is -0.143. The summed E-state index contributed by atoms with van der Waals surface area (Å²) >= 11 is 1.70. The number of amides is 2. The SMILES string of the molecule is CN1CCN(C(=O)CNC(=O)C2CSCN2)CC1. The first kappa shape index (κ1) is 13.6. The van der Waals surface area contributed by atoms with Gasteiger partial charge in [0.1, 0.15) is 0 Å². The molecule has 1 unspecified atom stereocenters. The minimum Gasteiger partial charge on any atom is -0.346 e. The highest BCUT2D eigenvalue weighted by molar-refractivity contribution is 7.99. The van der Waals surface area contributed by atoms with Crippen LogP contribution in [0.2, 0.25) is 0 Å². The van der Waals surface area contributed by atoms with Crippen molar-refractivity contribution in [3.8, 4) is 0 Å². The van der Waals surface area contributed by atoms with E-state index in [2.05, 4.69) is 15.5 Å². The number of piperazine rings is 1. The van der Waals surface area contributed by atoms with E-state index in [0.29, 0.717) is 0 Å². The van der Waals surface area contributed by atoms with Crippen LogP contribution in [-0.2, 0) is 9.59 Å². The molecule has 0 radical (unpaired) electrons. The van der Waals surface area contributed by atoms with E-state index in [9.17, 15) is 9.59 Å². The maximum Gasteiger partial charge on any atom is 0.242 e. The third-order valence-corrected chi connectivity index (χ3v) is 4.24. The van der Waals surface area contributed by atoms with Gasteiger partial charge >= 0.3 is 0 Å². The standard InChI is InChI=1S/C11H20N4O2S/c1-14-2-4-15(5-3-14)10(16)6-12-11(17)9-7-18-8-13-9/h9,13H,2-8H2,1H3,(H,12,17). The molecule has 0 spiro atoms. The van der Waals surface area contributed by atoms with E-state index in [4.69, 9.17) is 0 Å². The average molecular weight is 272 g/mol. The van der Waals surface area contributed by atoms with E-state index in [1.54, 1.807) is 11.8 Å². The van der Waals surface area contributed by atoms with Crippen molar-refractivity contribution in [3.05, 3.63) is 0 Å². The summed E-state index contributed by atoms with van der Waals surface area (Å²) in [6, 6.07) is -0.143. The maximum atomic E-state index is 11.9. The van der Waals surface area contributed by atoms with Crippen molar-refractivity contribution < 1.29 is 9.59 Å². The van der Waals surface area contributed by atoms with Crippen LogP contribution in [-0.4, -0.2) is 79.1 Å². The molecule has 7 heteroatoms. The quantitative estimate of drug-likeness (QED) is 0.657. The second-order valence-corrected chi connectivity index (χ2v) is 5.70. The van der Waals surface area contributed by atoms with Gasteiger partial charge in [-0.1, -0.05) is 0 Å². The Bertz CT molecular complexity index is 312. The molecule has 2 heterocycles. The van der Waals surface area contributed by atoms with Gasteiger partial charge in [0, 0.05) is 37.8 Å². The molecular formula is C11H20N4O2S. The predicted molar refractivity (Wildman–Crippen MR) is 71.3 cm³/mol. The molecule has 6 nitrogen and oxygen atoms in total. The Kier molecular flexibility index (Phi) is 4.85. The summed E-state index contributed by atoms with van der Waals surface area (Å²) < 4.78 is 0. The highest BCUT2D eigenvalue weighted by Crippen LogP contribution is 2.09. The Morgan fingerprint density at radius 1 is 1.33 bits per heavy atom. The molecule has 2 N–H and O–H groups in total. The van der Waals surface area contributed by atoms with Crippen LogP contribution in [0.25, 0.3) is 0 Å². The monoisotopic (exact) mass is 272 g/mol. The molecule has 102 valence electrons. The number of nitrogens with zero attached hydrogens (tertiary/aromatic N) is 2. The number of nitrogens with one attached hydrogen (secondary N) is 2. The number of hydrogen-bond donors (Lipinski definition) is 2. The van der Waals surface area contributed by atoms with Crippen LogP contribution in [0.3, 0.4) is 0 Å². The summed E-state index contributed by atoms with van der Waals surface area (Å²) in [4.78, 5) is 27.6. The molecule has 0 aliphatic carbocycles. The number of hydrogen-bond acceptors (Lipinski definition) is 5. The molecule has 18 heavy (non-hydrogen) atoms. The maximum absolute atomic E-state index is 11.9. The molecule has 2 amide bonds. The fourth-order valence-electron chi connectivity index (χ4n) is 2.02. The topological polar surface area (TPSA) is 64.7 Å². The summed E-state index contributed by atoms with van der Waals surface area (Å²) in [6.07, 6.45) is 0. The van der Waals surface area contributed by atoms with E-state index < -0.39 is 0 Å². The highest BCUT2D eigenvalue weighted by Gasteiger charge is 2.24. The molecule has 0 saturated carbocycles. The van der Waals surface area contributed by atoms with Crippen molar-refractivity contribution in [2.45, 2.75) is 6.04 Å². The van der Waals surface area contributed by atoms with E-state index in [1.165, 1.54) is 0 Å². The lowest BCUT2D eigenvalue weighted by molar-refractivity contribution is -0.134. The van der Waals surface area contributed by atoms with Crippen molar-refractivity contribution >= 4 is 23.6 Å². The molecule has 2 saturated heterocycles. The Morgan fingerprint density at radius 3 is 2.67 bits per heavy atom. The average Bonchev–Trinajstić information content (AvgIpc) is 2.90. The molecule has 2 aliphatic heterocycles. The van der Waals surface area contributed by atoms with Crippen LogP contribution in [0.15, 0.2) is 0 Å². The number of likely N-dealkylation sites (N-methyl/N-ethyl adjacent to an activating group) is 1. The zero-order valence-corrected chi connectivity index (χ0v) is 11.5. The Balaban J connectivity index is 1.69. The Morgan fingerprint density at radius 2 is 2.06 bits per heavy atom. The number of carbonyl (C=O) groups excluding carboxylic acids is 2. The first-order chi connectivity index (χ1) is 8.66. The molecular weight excluding hydrogens is 252 g/mol. The number of rotatable bonds is 3. The Labute approximate surface area is 111 Å². The Hall–Kier alpha value is -0.790. The van der Waals surface area contributed by atoms with E-state index in [-0.39, 0.29) is 24.4 Å². The lowest BCUT2D eigenvalue weighted by atomic mass is 10.3. The molecule has 1 atom stereocenters. The normalized spacial score (nSPS) is 25.2. The molecule has 2 fully saturated rings. The van der Waals surface area contributed by atoms with E-state index in [0.717, 1.165) is 37.8 Å². The predicted octanol–water partition coefficient (Wildman–Crippen LogP) is -1.46. The lowest BCUT2D eigenvalue weighted by Gasteiger charge is -2.32. The number of thioether (sulfide) groups is 1. The fraction of sp³-hybridized carbons (Fsp3) is 0.818. The van der Waals surface area contributed by atoms with Crippen molar-refractivity contribution in [2.75, 3.05) is 51.4 Å². The van der Waals surface area contributed by atoms with Crippen LogP contribution in [0.5, 0.6) is 0 Å². The van der Waals surface area contributed by atoms with Gasteiger partial charge in [-0.2, -0.15) is 0 Å². The minimum absolute atomic E-state index is 0.0158. The van der Waals surface area contributed by atoms with Crippen LogP contribution in [0.4, 0.5) is 0 Å². The van der Waals surface area contributed by atoms with Crippen LogP contribution in [0.1, 0.15) is 0 Å². The van der Waals surface area contributed by atoms with Crippen molar-refractivity contribution in [3.63, 3.8) is 0 Å². The van der Waals surface area contributed by atoms with Crippen molar-refractivity contribution in [1.82, 2.24) is 20.4 Å². The highest BCUT2D eigenvalue weighted by atomic mass is 32.2. The molecule has 0 aromatic carbocycles. The summed E-state index contributed by atoms with van der Waals surface area (Å²) in [5.41, 5.74) is 0. The zero-order chi connectivity index (χ0) is 13.0. The molecule has 2 rings (SSSR count). The van der Waals surface area contributed by atoms with Gasteiger partial charge in [-0.25, -0.2) is 0 Å². The van der Waals surface area contributed by atoms with Gasteiger partial charge in [0.25, 0.3) is 0 Å². The van der Waals surface area contributed by atoms with Gasteiger partial charge in [0.2, 0.25) is 11.8 Å². The van der Waals surface area contributed by atoms with E-state index >= 15 is 0 Å². The van der Waals surface area contributed by atoms with E-state index in [1.807, 2.05) is 11.9 Å². The first-order valence-electron chi connectivity index (χ1n) is 6.22. The molecule has 0 aromatic rings. The molecule has 0 aromatic heterocycles. The first-order valence-corrected chi connectivity index (χ1v) is 7.37. The van der Waals surface area contributed by atoms with Gasteiger partial charge < -0.3 is 15.1 Å². The summed E-state index contributed by atoms with van der Waals surface area (Å²) in [5, 5.41) is 5.80. The fourth-order valence-corrected chi connectivity index (χ4v) is 2.96. The second kappa shape index (κ2) is 6.40. The zero-order valence-electron chi connectivity index (χ0n) is 10.6. The van der Waals surface area contributed by atoms with Crippen LogP contribution >= 0.6 is 11.8 Å². The summed E-state index contributed by atoms with van der Waals surface area (Å²) in [7, 11) is 2.05. The lowest BCUT2D eigenvalue weighted by Crippen LogP contribution is -2.51. The summed E-state index contributed by atoms with van der Waals surface area (Å²) in [6.45, 7) is 3.43. The second-order valence-electron chi connectivity index (χ2n) is 4.67. The van der Waals surface area contributed by atoms with Crippen molar-refractivity contribution in [2.24, 2.45) is 0 Å². The third kappa shape index (κ3) is 3.60. The largest absolute Gasteiger partial charge is 0.346 e. The van der Waals surface area contributed by atoms with Gasteiger partial charge in [-0.15, -0.1) is 11.8 Å². The molecule has 0 bridgehead atoms. The van der Waals surface area contributed by atoms with Crippen LogP contribution < -0.4 is 10.6 Å². The third-order valence-electron chi connectivity index (χ3n) is 3.30. The van der Waals surface area contributed by atoms with Crippen molar-refractivity contribution in [1.29, 1.82) is 0 Å². The van der Waals surface area contributed by atoms with Gasteiger partial charge in [0.15, 0.2) is 0 Å². The van der Waals surface area contributed by atoms with Gasteiger partial charge in [-0.05, 0) is 7.05 Å². The van der Waals surface area contributed by atoms with Gasteiger partial charge in [-0.3, -0.25) is 14.9 Å². The van der Waals surface area contributed by atoms with Crippen LogP contribution in [0, 0.1) is 0 Å². The smallest absolute Gasteiger partial charge is 0.242 e. The number of carbonyl (C=O) groups is 2. The van der Waals surface area contributed by atoms with Gasteiger partial charge in [0.05, 0.1) is 12.6 Å².